The molecule has 2 aromatic heterocycles. The Kier molecular flexibility index (Phi) is 4.42. The minimum atomic E-state index is -2.59. The zero-order chi connectivity index (χ0) is 16.4. The predicted octanol–water partition coefficient (Wildman–Crippen LogP) is 3.67. The van der Waals surface area contributed by atoms with E-state index in [4.69, 9.17) is 0 Å². The van der Waals surface area contributed by atoms with E-state index in [9.17, 15) is 8.78 Å². The van der Waals surface area contributed by atoms with Crippen LogP contribution in [0.3, 0.4) is 0 Å². The van der Waals surface area contributed by atoms with Gasteiger partial charge in [0.2, 0.25) is 0 Å². The lowest BCUT2D eigenvalue weighted by molar-refractivity contribution is 0.0678. The van der Waals surface area contributed by atoms with Crippen molar-refractivity contribution >= 4 is 11.8 Å². The van der Waals surface area contributed by atoms with Gasteiger partial charge < -0.3 is 4.57 Å². The van der Waals surface area contributed by atoms with Crippen LogP contribution in [-0.2, 0) is 12.8 Å². The fourth-order valence-corrected chi connectivity index (χ4v) is 3.10. The summed E-state index contributed by atoms with van der Waals surface area (Å²) in [6, 6.07) is 7.97. The molecule has 0 fully saturated rings. The predicted molar refractivity (Wildman–Crippen MR) is 84.2 cm³/mol. The molecule has 1 aromatic carbocycles. The van der Waals surface area contributed by atoms with Crippen molar-refractivity contribution in [3.05, 3.63) is 48.0 Å². The number of aromatic nitrogens is 5. The molecule has 0 unspecified atom stereocenters. The smallest absolute Gasteiger partial charge is 0.305 e. The van der Waals surface area contributed by atoms with Gasteiger partial charge in [-0.25, -0.2) is 4.98 Å². The SMILES string of the molecule is Cc1cccc(-c2nnc(SCc3nccn3C(F)F)n2C)c1. The van der Waals surface area contributed by atoms with Gasteiger partial charge in [0.05, 0.1) is 5.75 Å². The monoisotopic (exact) mass is 335 g/mol. The molecule has 0 bridgehead atoms. The zero-order valence-electron chi connectivity index (χ0n) is 12.6. The highest BCUT2D eigenvalue weighted by Gasteiger charge is 2.15. The van der Waals surface area contributed by atoms with Gasteiger partial charge in [0.1, 0.15) is 5.82 Å². The Hall–Kier alpha value is -2.22. The van der Waals surface area contributed by atoms with Crippen molar-refractivity contribution in [1.82, 2.24) is 24.3 Å². The van der Waals surface area contributed by atoms with Crippen molar-refractivity contribution in [2.24, 2.45) is 7.05 Å². The van der Waals surface area contributed by atoms with Crippen molar-refractivity contribution in [2.45, 2.75) is 24.4 Å². The summed E-state index contributed by atoms with van der Waals surface area (Å²) in [4.78, 5) is 3.96. The summed E-state index contributed by atoms with van der Waals surface area (Å²) < 4.78 is 28.3. The Labute approximate surface area is 136 Å². The Morgan fingerprint density at radius 2 is 2.09 bits per heavy atom. The molecule has 3 rings (SSSR count). The lowest BCUT2D eigenvalue weighted by Gasteiger charge is -2.06. The first-order chi connectivity index (χ1) is 11.1. The first-order valence-corrected chi connectivity index (χ1v) is 7.94. The molecule has 0 N–H and O–H groups in total. The number of aryl methyl sites for hydroxylation is 1. The van der Waals surface area contributed by atoms with Crippen LogP contribution in [-0.4, -0.2) is 24.3 Å². The molecule has 0 radical (unpaired) electrons. The van der Waals surface area contributed by atoms with Crippen molar-refractivity contribution in [1.29, 1.82) is 0 Å². The van der Waals surface area contributed by atoms with Crippen LogP contribution in [0.5, 0.6) is 0 Å². The van der Waals surface area contributed by atoms with Gasteiger partial charge >= 0.3 is 6.55 Å². The van der Waals surface area contributed by atoms with E-state index in [2.05, 4.69) is 15.2 Å². The van der Waals surface area contributed by atoms with Gasteiger partial charge in [-0.05, 0) is 13.0 Å². The molecule has 120 valence electrons. The standard InChI is InChI=1S/C15H15F2N5S/c1-10-4-3-5-11(8-10)13-19-20-15(21(13)2)23-9-12-18-6-7-22(12)14(16)17/h3-8,14H,9H2,1-2H3. The second-order valence-electron chi connectivity index (χ2n) is 5.05. The lowest BCUT2D eigenvalue weighted by Crippen LogP contribution is -2.03. The molecule has 0 aliphatic heterocycles. The first-order valence-electron chi connectivity index (χ1n) is 6.95. The average molecular weight is 335 g/mol. The van der Waals surface area contributed by atoms with Gasteiger partial charge in [-0.2, -0.15) is 8.78 Å². The summed E-state index contributed by atoms with van der Waals surface area (Å²) in [5, 5.41) is 9.01. The molecule has 2 heterocycles. The fourth-order valence-electron chi connectivity index (χ4n) is 2.24. The van der Waals surface area contributed by atoms with Crippen molar-refractivity contribution in [3.8, 4) is 11.4 Å². The quantitative estimate of drug-likeness (QED) is 0.668. The highest BCUT2D eigenvalue weighted by Crippen LogP contribution is 2.26. The third-order valence-electron chi connectivity index (χ3n) is 3.40. The summed E-state index contributed by atoms with van der Waals surface area (Å²) >= 11 is 1.33. The molecule has 0 amide bonds. The van der Waals surface area contributed by atoms with E-state index in [1.165, 1.54) is 24.2 Å². The minimum absolute atomic E-state index is 0.303. The van der Waals surface area contributed by atoms with Gasteiger partial charge in [0.15, 0.2) is 11.0 Å². The summed E-state index contributed by atoms with van der Waals surface area (Å²) in [6.07, 6.45) is 2.65. The number of hydrogen-bond donors (Lipinski definition) is 0. The number of benzene rings is 1. The van der Waals surface area contributed by atoms with Crippen molar-refractivity contribution in [2.75, 3.05) is 0 Å². The Bertz CT molecular complexity index is 812. The molecule has 0 saturated carbocycles. The molecule has 0 atom stereocenters. The van der Waals surface area contributed by atoms with Crippen LogP contribution in [0.15, 0.2) is 41.8 Å². The largest absolute Gasteiger partial charge is 0.319 e. The van der Waals surface area contributed by atoms with E-state index in [1.807, 2.05) is 42.8 Å². The molecule has 8 heteroatoms. The normalized spacial score (nSPS) is 11.3. The highest BCUT2D eigenvalue weighted by molar-refractivity contribution is 7.98. The minimum Gasteiger partial charge on any atom is -0.305 e. The molecular weight excluding hydrogens is 320 g/mol. The summed E-state index contributed by atoms with van der Waals surface area (Å²) in [5.41, 5.74) is 2.11. The van der Waals surface area contributed by atoms with Crippen LogP contribution in [0, 0.1) is 6.92 Å². The van der Waals surface area contributed by atoms with Crippen LogP contribution in [0.2, 0.25) is 0 Å². The second-order valence-corrected chi connectivity index (χ2v) is 5.99. The van der Waals surface area contributed by atoms with Crippen molar-refractivity contribution in [3.63, 3.8) is 0 Å². The third-order valence-corrected chi connectivity index (χ3v) is 4.42. The molecular formula is C15H15F2N5S. The molecule has 23 heavy (non-hydrogen) atoms. The third kappa shape index (κ3) is 3.26. The van der Waals surface area contributed by atoms with Gasteiger partial charge in [0, 0.05) is 25.0 Å². The van der Waals surface area contributed by atoms with Crippen LogP contribution >= 0.6 is 11.8 Å². The van der Waals surface area contributed by atoms with Crippen LogP contribution < -0.4 is 0 Å². The number of thioether (sulfide) groups is 1. The van der Waals surface area contributed by atoms with E-state index in [0.717, 1.165) is 21.5 Å². The van der Waals surface area contributed by atoms with E-state index in [1.54, 1.807) is 0 Å². The fraction of sp³-hybridized carbons (Fsp3) is 0.267. The van der Waals surface area contributed by atoms with Gasteiger partial charge in [0.25, 0.3) is 0 Å². The van der Waals surface area contributed by atoms with E-state index < -0.39 is 6.55 Å². The number of halogens is 2. The lowest BCUT2D eigenvalue weighted by atomic mass is 10.1. The molecule has 0 spiro atoms. The maximum absolute atomic E-state index is 12.8. The summed E-state index contributed by atoms with van der Waals surface area (Å²) in [5.74, 6) is 1.36. The Morgan fingerprint density at radius 1 is 1.26 bits per heavy atom. The average Bonchev–Trinajstić information content (AvgIpc) is 3.12. The maximum Gasteiger partial charge on any atom is 0.319 e. The van der Waals surface area contributed by atoms with Gasteiger partial charge in [-0.3, -0.25) is 4.57 Å². The van der Waals surface area contributed by atoms with Gasteiger partial charge in [-0.1, -0.05) is 35.5 Å². The molecule has 0 aliphatic rings. The number of alkyl halides is 2. The number of rotatable bonds is 5. The van der Waals surface area contributed by atoms with Gasteiger partial charge in [-0.15, -0.1) is 10.2 Å². The summed E-state index contributed by atoms with van der Waals surface area (Å²) in [6.45, 7) is -0.574. The first kappa shape index (κ1) is 15.7. The zero-order valence-corrected chi connectivity index (χ0v) is 13.5. The summed E-state index contributed by atoms with van der Waals surface area (Å²) in [7, 11) is 1.86. The van der Waals surface area contributed by atoms with E-state index >= 15 is 0 Å². The number of hydrogen-bond acceptors (Lipinski definition) is 4. The van der Waals surface area contributed by atoms with Crippen molar-refractivity contribution < 1.29 is 8.78 Å². The molecule has 3 aromatic rings. The highest BCUT2D eigenvalue weighted by atomic mass is 32.2. The van der Waals surface area contributed by atoms with Crippen LogP contribution in [0.4, 0.5) is 8.78 Å². The van der Waals surface area contributed by atoms with Crippen LogP contribution in [0.25, 0.3) is 11.4 Å². The topological polar surface area (TPSA) is 48.5 Å². The maximum atomic E-state index is 12.8. The van der Waals surface area contributed by atoms with Crippen LogP contribution in [0.1, 0.15) is 17.9 Å². The second kappa shape index (κ2) is 6.49. The van der Waals surface area contributed by atoms with E-state index in [0.29, 0.717) is 16.7 Å². The van der Waals surface area contributed by atoms with E-state index in [-0.39, 0.29) is 0 Å². The number of nitrogens with zero attached hydrogens (tertiary/aromatic N) is 5. The Morgan fingerprint density at radius 3 is 2.83 bits per heavy atom. The molecule has 0 saturated heterocycles. The Balaban J connectivity index is 1.79. The number of imidazole rings is 1. The molecule has 0 aliphatic carbocycles. The molecule has 5 nitrogen and oxygen atoms in total.